The summed E-state index contributed by atoms with van der Waals surface area (Å²) in [6.07, 6.45) is 16.5. The van der Waals surface area contributed by atoms with Gasteiger partial charge in [-0.05, 0) is 117 Å². The zero-order chi connectivity index (χ0) is 23.9. The fourth-order valence-electron chi connectivity index (χ4n) is 6.52. The molecule has 0 aliphatic heterocycles. The Labute approximate surface area is 208 Å². The maximum atomic E-state index is 15.1. The molecule has 2 aromatic rings. The minimum absolute atomic E-state index is 0.0601. The summed E-state index contributed by atoms with van der Waals surface area (Å²) in [7, 11) is 0. The SMILES string of the molecule is C=C(CC)CCC1CCC(c2ccc(-c3ccc(C4CCC(CCC)CC4)cc3F)cc2)CC1. The Morgan fingerprint density at radius 3 is 1.88 bits per heavy atom. The minimum Gasteiger partial charge on any atom is -0.206 e. The molecule has 2 aliphatic carbocycles. The fraction of sp³-hybridized carbons (Fsp3) is 0.576. The van der Waals surface area contributed by atoms with Gasteiger partial charge in [0, 0.05) is 5.56 Å². The quantitative estimate of drug-likeness (QED) is 0.326. The van der Waals surface area contributed by atoms with Gasteiger partial charge in [0.2, 0.25) is 0 Å². The van der Waals surface area contributed by atoms with Crippen molar-refractivity contribution in [2.24, 2.45) is 11.8 Å². The first-order valence-corrected chi connectivity index (χ1v) is 14.1. The van der Waals surface area contributed by atoms with Gasteiger partial charge in [-0.15, -0.1) is 0 Å². The van der Waals surface area contributed by atoms with E-state index >= 15 is 4.39 Å². The molecule has 0 N–H and O–H groups in total. The zero-order valence-electron chi connectivity index (χ0n) is 21.6. The summed E-state index contributed by atoms with van der Waals surface area (Å²) in [5, 5.41) is 0. The van der Waals surface area contributed by atoms with Crippen molar-refractivity contribution in [3.63, 3.8) is 0 Å². The number of halogens is 1. The van der Waals surface area contributed by atoms with Gasteiger partial charge in [-0.3, -0.25) is 0 Å². The van der Waals surface area contributed by atoms with Crippen LogP contribution in [-0.2, 0) is 0 Å². The third-order valence-corrected chi connectivity index (χ3v) is 8.95. The molecule has 0 spiro atoms. The Kier molecular flexibility index (Phi) is 9.04. The molecule has 0 radical (unpaired) electrons. The number of hydrogen-bond donors (Lipinski definition) is 0. The zero-order valence-corrected chi connectivity index (χ0v) is 21.6. The number of benzene rings is 2. The molecular weight excluding hydrogens is 415 g/mol. The summed E-state index contributed by atoms with van der Waals surface area (Å²) in [5.74, 6) is 2.90. The summed E-state index contributed by atoms with van der Waals surface area (Å²) in [5.41, 5.74) is 5.78. The molecule has 0 saturated heterocycles. The van der Waals surface area contributed by atoms with Gasteiger partial charge >= 0.3 is 0 Å². The van der Waals surface area contributed by atoms with Crippen LogP contribution in [0.5, 0.6) is 0 Å². The highest BCUT2D eigenvalue weighted by Crippen LogP contribution is 2.40. The molecule has 0 heterocycles. The van der Waals surface area contributed by atoms with Gasteiger partial charge in [0.05, 0.1) is 0 Å². The molecule has 2 fully saturated rings. The second-order valence-corrected chi connectivity index (χ2v) is 11.2. The summed E-state index contributed by atoms with van der Waals surface area (Å²) in [4.78, 5) is 0. The van der Waals surface area contributed by atoms with Gasteiger partial charge in [0.1, 0.15) is 5.82 Å². The van der Waals surface area contributed by atoms with Crippen molar-refractivity contribution in [3.8, 4) is 11.1 Å². The van der Waals surface area contributed by atoms with Crippen LogP contribution in [-0.4, -0.2) is 0 Å². The van der Waals surface area contributed by atoms with Gasteiger partial charge in [-0.25, -0.2) is 4.39 Å². The van der Waals surface area contributed by atoms with Crippen LogP contribution in [0.1, 0.15) is 120 Å². The third-order valence-electron chi connectivity index (χ3n) is 8.95. The molecule has 0 bridgehead atoms. The van der Waals surface area contributed by atoms with Crippen molar-refractivity contribution in [1.29, 1.82) is 0 Å². The van der Waals surface area contributed by atoms with E-state index in [9.17, 15) is 0 Å². The largest absolute Gasteiger partial charge is 0.206 e. The maximum Gasteiger partial charge on any atom is 0.131 e. The van der Waals surface area contributed by atoms with Crippen molar-refractivity contribution in [2.45, 2.75) is 109 Å². The van der Waals surface area contributed by atoms with E-state index in [1.54, 1.807) is 0 Å². The monoisotopic (exact) mass is 460 g/mol. The van der Waals surface area contributed by atoms with Crippen LogP contribution in [0.2, 0.25) is 0 Å². The van der Waals surface area contributed by atoms with Crippen molar-refractivity contribution in [2.75, 3.05) is 0 Å². The van der Waals surface area contributed by atoms with Crippen molar-refractivity contribution < 1.29 is 4.39 Å². The lowest BCUT2D eigenvalue weighted by atomic mass is 9.76. The summed E-state index contributed by atoms with van der Waals surface area (Å²) < 4.78 is 15.1. The van der Waals surface area contributed by atoms with Gasteiger partial charge in [-0.2, -0.15) is 0 Å². The van der Waals surface area contributed by atoms with E-state index < -0.39 is 0 Å². The van der Waals surface area contributed by atoms with Crippen LogP contribution in [0, 0.1) is 17.7 Å². The van der Waals surface area contributed by atoms with Gasteiger partial charge < -0.3 is 0 Å². The van der Waals surface area contributed by atoms with E-state index in [4.69, 9.17) is 0 Å². The molecule has 34 heavy (non-hydrogen) atoms. The van der Waals surface area contributed by atoms with Crippen molar-refractivity contribution in [1.82, 2.24) is 0 Å². The smallest absolute Gasteiger partial charge is 0.131 e. The summed E-state index contributed by atoms with van der Waals surface area (Å²) >= 11 is 0. The lowest BCUT2D eigenvalue weighted by molar-refractivity contribution is 0.308. The predicted octanol–water partition coefficient (Wildman–Crippen LogP) is 10.6. The molecule has 2 aliphatic rings. The van der Waals surface area contributed by atoms with Gasteiger partial charge in [0.25, 0.3) is 0 Å². The minimum atomic E-state index is -0.0601. The Bertz CT molecular complexity index is 908. The van der Waals surface area contributed by atoms with E-state index in [0.717, 1.165) is 29.4 Å². The lowest BCUT2D eigenvalue weighted by Crippen LogP contribution is -2.13. The normalized spacial score (nSPS) is 25.3. The Morgan fingerprint density at radius 1 is 0.765 bits per heavy atom. The summed E-state index contributed by atoms with van der Waals surface area (Å²) in [6, 6.07) is 14.8. The molecule has 184 valence electrons. The second kappa shape index (κ2) is 12.2. The molecule has 0 unspecified atom stereocenters. The van der Waals surface area contributed by atoms with E-state index in [2.05, 4.69) is 50.8 Å². The standard InChI is InChI=1S/C33H45F/c1-4-6-25-9-15-29(16-10-25)31-21-22-32(33(34)23-31)30-19-17-28(18-20-30)27-13-11-26(12-14-27)8-7-24(3)5-2/h17-23,25-27,29H,3-16H2,1-2H3. The Hall–Kier alpha value is -1.89. The van der Waals surface area contributed by atoms with Crippen LogP contribution in [0.25, 0.3) is 11.1 Å². The van der Waals surface area contributed by atoms with Crippen molar-refractivity contribution in [3.05, 3.63) is 71.6 Å². The molecule has 0 amide bonds. The molecular formula is C33H45F. The summed E-state index contributed by atoms with van der Waals surface area (Å²) in [6.45, 7) is 8.66. The molecule has 0 aromatic heterocycles. The molecule has 2 aromatic carbocycles. The molecule has 0 atom stereocenters. The molecule has 2 saturated carbocycles. The highest BCUT2D eigenvalue weighted by Gasteiger charge is 2.24. The predicted molar refractivity (Wildman–Crippen MR) is 145 cm³/mol. The second-order valence-electron chi connectivity index (χ2n) is 11.2. The lowest BCUT2D eigenvalue weighted by Gasteiger charge is -2.29. The van der Waals surface area contributed by atoms with E-state index in [1.165, 1.54) is 93.7 Å². The fourth-order valence-corrected chi connectivity index (χ4v) is 6.52. The van der Waals surface area contributed by atoms with Crippen LogP contribution >= 0.6 is 0 Å². The van der Waals surface area contributed by atoms with E-state index in [1.807, 2.05) is 12.1 Å². The first-order chi connectivity index (χ1) is 16.6. The number of rotatable bonds is 9. The topological polar surface area (TPSA) is 0 Å². The third kappa shape index (κ3) is 6.41. The highest BCUT2D eigenvalue weighted by atomic mass is 19.1. The highest BCUT2D eigenvalue weighted by molar-refractivity contribution is 5.65. The first kappa shape index (κ1) is 25.2. The maximum absolute atomic E-state index is 15.1. The van der Waals surface area contributed by atoms with Crippen LogP contribution < -0.4 is 0 Å². The molecule has 1 heteroatoms. The number of allylic oxidation sites excluding steroid dienone is 1. The van der Waals surface area contributed by atoms with Crippen LogP contribution in [0.4, 0.5) is 4.39 Å². The average Bonchev–Trinajstić information content (AvgIpc) is 2.88. The first-order valence-electron chi connectivity index (χ1n) is 14.1. The Balaban J connectivity index is 1.33. The van der Waals surface area contributed by atoms with E-state index in [-0.39, 0.29) is 5.82 Å². The number of hydrogen-bond acceptors (Lipinski definition) is 0. The van der Waals surface area contributed by atoms with Crippen LogP contribution in [0.3, 0.4) is 0 Å². The molecule has 4 rings (SSSR count). The van der Waals surface area contributed by atoms with E-state index in [0.29, 0.717) is 11.8 Å². The Morgan fingerprint density at radius 2 is 1.32 bits per heavy atom. The van der Waals surface area contributed by atoms with Crippen LogP contribution in [0.15, 0.2) is 54.6 Å². The molecule has 0 nitrogen and oxygen atoms in total. The van der Waals surface area contributed by atoms with Gasteiger partial charge in [0.15, 0.2) is 0 Å². The van der Waals surface area contributed by atoms with Crippen molar-refractivity contribution >= 4 is 0 Å². The average molecular weight is 461 g/mol. The van der Waals surface area contributed by atoms with Gasteiger partial charge in [-0.1, -0.05) is 75.2 Å².